The van der Waals surface area contributed by atoms with Crippen LogP contribution in [0.4, 0.5) is 0 Å². The van der Waals surface area contributed by atoms with Gasteiger partial charge in [-0.3, -0.25) is 0 Å². The van der Waals surface area contributed by atoms with E-state index in [0.29, 0.717) is 11.6 Å². The highest BCUT2D eigenvalue weighted by atomic mass is 15.2. The van der Waals surface area contributed by atoms with Crippen molar-refractivity contribution in [3.05, 3.63) is 42.2 Å². The summed E-state index contributed by atoms with van der Waals surface area (Å²) in [5.74, 6) is 2.04. The third-order valence-corrected chi connectivity index (χ3v) is 5.65. The van der Waals surface area contributed by atoms with Crippen LogP contribution >= 0.6 is 0 Å². The molecule has 0 radical (unpaired) electrons. The molecule has 0 saturated heterocycles. The Kier molecular flexibility index (Phi) is 3.15. The average molecular weight is 295 g/mol. The first-order valence-electron chi connectivity index (χ1n) is 8.42. The van der Waals surface area contributed by atoms with E-state index in [1.54, 1.807) is 0 Å². The van der Waals surface area contributed by atoms with Crippen LogP contribution in [-0.4, -0.2) is 28.5 Å². The molecule has 3 nitrogen and oxygen atoms in total. The summed E-state index contributed by atoms with van der Waals surface area (Å²) >= 11 is 0. The van der Waals surface area contributed by atoms with Gasteiger partial charge in [0, 0.05) is 29.5 Å². The van der Waals surface area contributed by atoms with E-state index in [1.807, 2.05) is 6.20 Å². The van der Waals surface area contributed by atoms with Crippen LogP contribution in [0, 0.1) is 5.92 Å². The highest BCUT2D eigenvalue weighted by molar-refractivity contribution is 5.57. The molecule has 1 atom stereocenters. The molecule has 4 rings (SSSR count). The summed E-state index contributed by atoms with van der Waals surface area (Å²) in [5.41, 5.74) is 3.00. The van der Waals surface area contributed by atoms with Gasteiger partial charge < -0.3 is 9.47 Å². The molecule has 1 aromatic heterocycles. The highest BCUT2D eigenvalue weighted by Crippen LogP contribution is 2.60. The van der Waals surface area contributed by atoms with Gasteiger partial charge in [0.1, 0.15) is 5.82 Å². The molecule has 0 N–H and O–H groups in total. The van der Waals surface area contributed by atoms with Crippen LogP contribution in [0.5, 0.6) is 0 Å². The summed E-state index contributed by atoms with van der Waals surface area (Å²) in [7, 11) is 4.25. The van der Waals surface area contributed by atoms with Crippen molar-refractivity contribution in [3.8, 4) is 11.4 Å². The van der Waals surface area contributed by atoms with E-state index in [2.05, 4.69) is 65.9 Å². The minimum atomic E-state index is 0.404. The van der Waals surface area contributed by atoms with E-state index in [0.717, 1.165) is 11.7 Å². The Morgan fingerprint density at radius 1 is 1.18 bits per heavy atom. The van der Waals surface area contributed by atoms with Gasteiger partial charge in [0.05, 0.1) is 0 Å². The van der Waals surface area contributed by atoms with E-state index < -0.39 is 0 Å². The Labute approximate surface area is 133 Å². The van der Waals surface area contributed by atoms with E-state index in [-0.39, 0.29) is 0 Å². The molecule has 116 valence electrons. The smallest absolute Gasteiger partial charge is 0.140 e. The molecule has 2 aliphatic carbocycles. The first kappa shape index (κ1) is 14.0. The lowest BCUT2D eigenvalue weighted by atomic mass is 10.0. The quantitative estimate of drug-likeness (QED) is 0.829. The van der Waals surface area contributed by atoms with Gasteiger partial charge in [-0.2, -0.15) is 0 Å². The maximum atomic E-state index is 4.67. The monoisotopic (exact) mass is 295 g/mol. The number of aromatic nitrogens is 2. The predicted molar refractivity (Wildman–Crippen MR) is 89.7 cm³/mol. The van der Waals surface area contributed by atoms with E-state index in [1.165, 1.54) is 36.8 Å². The number of rotatable bonds is 5. The molecule has 3 heteroatoms. The lowest BCUT2D eigenvalue weighted by molar-refractivity contribution is 0.321. The topological polar surface area (TPSA) is 21.1 Å². The molecule has 0 spiro atoms. The van der Waals surface area contributed by atoms with Crippen molar-refractivity contribution in [3.63, 3.8) is 0 Å². The van der Waals surface area contributed by atoms with Crippen LogP contribution in [0.25, 0.3) is 11.4 Å². The zero-order valence-corrected chi connectivity index (χ0v) is 13.8. The van der Waals surface area contributed by atoms with Crippen molar-refractivity contribution >= 4 is 0 Å². The number of imidazole rings is 1. The summed E-state index contributed by atoms with van der Waals surface area (Å²) in [6.45, 7) is 2.24. The van der Waals surface area contributed by atoms with E-state index in [4.69, 9.17) is 0 Å². The fraction of sp³-hybridized carbons (Fsp3) is 0.526. The molecule has 1 unspecified atom stereocenters. The van der Waals surface area contributed by atoms with Crippen molar-refractivity contribution in [2.45, 2.75) is 44.2 Å². The van der Waals surface area contributed by atoms with Gasteiger partial charge in [-0.25, -0.2) is 4.98 Å². The third-order valence-electron chi connectivity index (χ3n) is 5.65. The molecule has 2 saturated carbocycles. The van der Waals surface area contributed by atoms with Gasteiger partial charge in [-0.1, -0.05) is 24.3 Å². The zero-order valence-electron chi connectivity index (χ0n) is 13.8. The standard InChI is InChI=1S/C19H25N3/c1-14(21(2)3)15-4-6-16(7-5-15)18-20-12-13-22(18)19(10-11-19)17-8-9-17/h4-7,12-14,17H,8-11H2,1-3H3. The van der Waals surface area contributed by atoms with Crippen LogP contribution in [0.3, 0.4) is 0 Å². The summed E-state index contributed by atoms with van der Waals surface area (Å²) in [4.78, 5) is 6.90. The first-order valence-corrected chi connectivity index (χ1v) is 8.42. The Hall–Kier alpha value is -1.61. The highest BCUT2D eigenvalue weighted by Gasteiger charge is 2.55. The zero-order chi connectivity index (χ0) is 15.3. The van der Waals surface area contributed by atoms with Gasteiger partial charge in [0.2, 0.25) is 0 Å². The van der Waals surface area contributed by atoms with Crippen LogP contribution < -0.4 is 0 Å². The van der Waals surface area contributed by atoms with Gasteiger partial charge in [0.15, 0.2) is 0 Å². The normalized spacial score (nSPS) is 21.1. The molecular formula is C19H25N3. The summed E-state index contributed by atoms with van der Waals surface area (Å²) in [6, 6.07) is 9.40. The van der Waals surface area contributed by atoms with Gasteiger partial charge in [-0.15, -0.1) is 0 Å². The van der Waals surface area contributed by atoms with E-state index in [9.17, 15) is 0 Å². The van der Waals surface area contributed by atoms with Gasteiger partial charge >= 0.3 is 0 Å². The van der Waals surface area contributed by atoms with Crippen molar-refractivity contribution < 1.29 is 0 Å². The second-order valence-electron chi connectivity index (χ2n) is 7.26. The summed E-state index contributed by atoms with van der Waals surface area (Å²) in [6.07, 6.45) is 9.62. The SMILES string of the molecule is CC(c1ccc(-c2nccn2C2(C3CC3)CC2)cc1)N(C)C. The maximum absolute atomic E-state index is 4.67. The first-order chi connectivity index (χ1) is 10.6. The Bertz CT molecular complexity index is 660. The van der Waals surface area contributed by atoms with Crippen LogP contribution in [-0.2, 0) is 5.54 Å². The number of hydrogen-bond acceptors (Lipinski definition) is 2. The number of hydrogen-bond donors (Lipinski definition) is 0. The Balaban J connectivity index is 1.65. The van der Waals surface area contributed by atoms with Crippen molar-refractivity contribution in [1.82, 2.24) is 14.5 Å². The van der Waals surface area contributed by atoms with Crippen molar-refractivity contribution in [2.24, 2.45) is 5.92 Å². The minimum Gasteiger partial charge on any atom is -0.325 e. The third kappa shape index (κ3) is 2.19. The lowest BCUT2D eigenvalue weighted by Gasteiger charge is -2.21. The Morgan fingerprint density at radius 3 is 2.41 bits per heavy atom. The fourth-order valence-corrected chi connectivity index (χ4v) is 3.68. The molecule has 1 aromatic carbocycles. The Morgan fingerprint density at radius 2 is 1.86 bits per heavy atom. The summed E-state index contributed by atoms with van der Waals surface area (Å²) in [5, 5.41) is 0. The fourth-order valence-electron chi connectivity index (χ4n) is 3.68. The second kappa shape index (κ2) is 4.95. The molecule has 0 amide bonds. The second-order valence-corrected chi connectivity index (χ2v) is 7.26. The summed E-state index contributed by atoms with van der Waals surface area (Å²) < 4.78 is 2.47. The van der Waals surface area contributed by atoms with Crippen LogP contribution in [0.2, 0.25) is 0 Å². The molecule has 2 aromatic rings. The predicted octanol–water partition coefficient (Wildman–Crippen LogP) is 4.07. The number of benzene rings is 1. The van der Waals surface area contributed by atoms with Crippen molar-refractivity contribution in [1.29, 1.82) is 0 Å². The van der Waals surface area contributed by atoms with Gasteiger partial charge in [0.25, 0.3) is 0 Å². The molecule has 2 aliphatic rings. The molecule has 22 heavy (non-hydrogen) atoms. The minimum absolute atomic E-state index is 0.404. The molecular weight excluding hydrogens is 270 g/mol. The van der Waals surface area contributed by atoms with Crippen LogP contribution in [0.1, 0.15) is 44.2 Å². The average Bonchev–Trinajstić information content (AvgIpc) is 3.44. The lowest BCUT2D eigenvalue weighted by Crippen LogP contribution is -2.19. The molecule has 2 fully saturated rings. The maximum Gasteiger partial charge on any atom is 0.140 e. The number of nitrogens with zero attached hydrogens (tertiary/aromatic N) is 3. The molecule has 0 aliphatic heterocycles. The van der Waals surface area contributed by atoms with Crippen LogP contribution in [0.15, 0.2) is 36.7 Å². The largest absolute Gasteiger partial charge is 0.325 e. The van der Waals surface area contributed by atoms with E-state index >= 15 is 0 Å². The van der Waals surface area contributed by atoms with Crippen molar-refractivity contribution in [2.75, 3.05) is 14.1 Å². The molecule has 1 heterocycles. The molecule has 0 bridgehead atoms. The van der Waals surface area contributed by atoms with Gasteiger partial charge in [-0.05, 0) is 58.2 Å².